The molecule has 0 bridgehead atoms. The molecule has 0 radical (unpaired) electrons. The lowest BCUT2D eigenvalue weighted by molar-refractivity contribution is -0.139. The molecule has 19 heavy (non-hydrogen) atoms. The van der Waals surface area contributed by atoms with Crippen LogP contribution in [0.2, 0.25) is 0 Å². The van der Waals surface area contributed by atoms with Crippen molar-refractivity contribution in [3.63, 3.8) is 0 Å². The fraction of sp³-hybridized carbons (Fsp3) is 0.533. The lowest BCUT2D eigenvalue weighted by atomic mass is 10.1. The average Bonchev–Trinajstić information content (AvgIpc) is 2.37. The molecule has 0 saturated carbocycles. The van der Waals surface area contributed by atoms with Gasteiger partial charge in [-0.05, 0) is 45.4 Å². The third-order valence-corrected chi connectivity index (χ3v) is 3.02. The van der Waals surface area contributed by atoms with E-state index in [1.54, 1.807) is 17.0 Å². The Hall–Kier alpha value is -1.42. The molecule has 0 fully saturated rings. The molecule has 3 nitrogen and oxygen atoms in total. The Bertz CT molecular complexity index is 403. The molecule has 1 amide bonds. The van der Waals surface area contributed by atoms with Crippen LogP contribution >= 0.6 is 0 Å². The van der Waals surface area contributed by atoms with Gasteiger partial charge in [-0.25, -0.2) is 4.39 Å². The van der Waals surface area contributed by atoms with E-state index in [1.807, 2.05) is 27.7 Å². The molecule has 4 heteroatoms. The number of benzene rings is 1. The first-order valence-electron chi connectivity index (χ1n) is 6.62. The molecule has 0 aliphatic rings. The van der Waals surface area contributed by atoms with E-state index in [0.29, 0.717) is 6.54 Å². The van der Waals surface area contributed by atoms with Crippen LogP contribution in [0.4, 0.5) is 4.39 Å². The van der Waals surface area contributed by atoms with Crippen molar-refractivity contribution < 1.29 is 13.9 Å². The zero-order valence-electron chi connectivity index (χ0n) is 12.0. The third kappa shape index (κ3) is 4.63. The Morgan fingerprint density at radius 3 is 2.32 bits per heavy atom. The van der Waals surface area contributed by atoms with Crippen LogP contribution < -0.4 is 0 Å². The zero-order chi connectivity index (χ0) is 14.4. The van der Waals surface area contributed by atoms with Crippen LogP contribution in [0.3, 0.4) is 0 Å². The van der Waals surface area contributed by atoms with Gasteiger partial charge in [0.1, 0.15) is 12.4 Å². The number of likely N-dealkylation sites (N-methyl/N-ethyl adjacent to an activating group) is 1. The second-order valence-electron chi connectivity index (χ2n) is 4.77. The molecule has 1 unspecified atom stereocenters. The van der Waals surface area contributed by atoms with Gasteiger partial charge < -0.3 is 9.64 Å². The summed E-state index contributed by atoms with van der Waals surface area (Å²) in [7, 11) is 0. The highest BCUT2D eigenvalue weighted by Gasteiger charge is 2.20. The van der Waals surface area contributed by atoms with Gasteiger partial charge in [0.15, 0.2) is 0 Å². The molecular formula is C15H22FNO2. The van der Waals surface area contributed by atoms with E-state index < -0.39 is 0 Å². The van der Waals surface area contributed by atoms with Crippen LogP contribution in [-0.4, -0.2) is 30.1 Å². The standard InChI is InChI=1S/C15H22FNO2/c1-5-17(15(18)10-19-11(2)3)12(4)13-6-8-14(16)9-7-13/h6-9,11-12H,5,10H2,1-4H3. The van der Waals surface area contributed by atoms with Crippen molar-refractivity contribution in [2.45, 2.75) is 39.8 Å². The Labute approximate surface area is 114 Å². The van der Waals surface area contributed by atoms with Gasteiger partial charge in [0.05, 0.1) is 12.1 Å². The fourth-order valence-corrected chi connectivity index (χ4v) is 1.91. The quantitative estimate of drug-likeness (QED) is 0.792. The van der Waals surface area contributed by atoms with E-state index in [4.69, 9.17) is 4.74 Å². The summed E-state index contributed by atoms with van der Waals surface area (Å²) in [5.41, 5.74) is 0.918. The minimum absolute atomic E-state index is 0.0313. The monoisotopic (exact) mass is 267 g/mol. The summed E-state index contributed by atoms with van der Waals surface area (Å²) in [6, 6.07) is 6.15. The summed E-state index contributed by atoms with van der Waals surface area (Å²) in [6.45, 7) is 8.33. The molecular weight excluding hydrogens is 245 g/mol. The fourth-order valence-electron chi connectivity index (χ4n) is 1.91. The first-order chi connectivity index (χ1) is 8.95. The predicted molar refractivity (Wildman–Crippen MR) is 73.3 cm³/mol. The van der Waals surface area contributed by atoms with Crippen molar-refractivity contribution in [3.05, 3.63) is 35.6 Å². The number of hydrogen-bond donors (Lipinski definition) is 0. The normalized spacial score (nSPS) is 12.5. The van der Waals surface area contributed by atoms with Crippen molar-refractivity contribution in [1.82, 2.24) is 4.90 Å². The molecule has 0 aliphatic carbocycles. The first-order valence-corrected chi connectivity index (χ1v) is 6.62. The molecule has 0 aromatic heterocycles. The summed E-state index contributed by atoms with van der Waals surface area (Å²) in [5, 5.41) is 0. The van der Waals surface area contributed by atoms with E-state index >= 15 is 0 Å². The maximum Gasteiger partial charge on any atom is 0.249 e. The van der Waals surface area contributed by atoms with E-state index in [9.17, 15) is 9.18 Å². The number of ether oxygens (including phenoxy) is 1. The molecule has 1 rings (SSSR count). The Kier molecular flexibility index (Phi) is 5.96. The van der Waals surface area contributed by atoms with Gasteiger partial charge in [-0.1, -0.05) is 12.1 Å². The van der Waals surface area contributed by atoms with Crippen molar-refractivity contribution in [2.75, 3.05) is 13.2 Å². The average molecular weight is 267 g/mol. The highest BCUT2D eigenvalue weighted by Crippen LogP contribution is 2.20. The molecule has 0 saturated heterocycles. The third-order valence-electron chi connectivity index (χ3n) is 3.02. The predicted octanol–water partition coefficient (Wildman–Crippen LogP) is 3.16. The maximum absolute atomic E-state index is 12.9. The SMILES string of the molecule is CCN(C(=O)COC(C)C)C(C)c1ccc(F)cc1. The number of nitrogens with zero attached hydrogens (tertiary/aromatic N) is 1. The maximum atomic E-state index is 12.9. The van der Waals surface area contributed by atoms with Crippen LogP contribution in [-0.2, 0) is 9.53 Å². The smallest absolute Gasteiger partial charge is 0.249 e. The van der Waals surface area contributed by atoms with Gasteiger partial charge >= 0.3 is 0 Å². The molecule has 1 aromatic carbocycles. The van der Waals surface area contributed by atoms with Crippen molar-refractivity contribution in [2.24, 2.45) is 0 Å². The molecule has 106 valence electrons. The van der Waals surface area contributed by atoms with Crippen LogP contribution in [0.5, 0.6) is 0 Å². The number of halogens is 1. The van der Waals surface area contributed by atoms with Crippen molar-refractivity contribution in [3.8, 4) is 0 Å². The number of amides is 1. The molecule has 1 aromatic rings. The molecule has 0 aliphatic heterocycles. The largest absolute Gasteiger partial charge is 0.369 e. The lowest BCUT2D eigenvalue weighted by Crippen LogP contribution is -2.36. The highest BCUT2D eigenvalue weighted by molar-refractivity contribution is 5.78. The van der Waals surface area contributed by atoms with Crippen LogP contribution in [0, 0.1) is 5.82 Å². The van der Waals surface area contributed by atoms with Gasteiger partial charge in [0.2, 0.25) is 5.91 Å². The number of rotatable bonds is 6. The van der Waals surface area contributed by atoms with Gasteiger partial charge in [0.25, 0.3) is 0 Å². The molecule has 0 N–H and O–H groups in total. The number of carbonyl (C=O) groups excluding carboxylic acids is 1. The van der Waals surface area contributed by atoms with Gasteiger partial charge in [-0.15, -0.1) is 0 Å². The van der Waals surface area contributed by atoms with Gasteiger partial charge in [0, 0.05) is 6.54 Å². The van der Waals surface area contributed by atoms with E-state index in [0.717, 1.165) is 5.56 Å². The summed E-state index contributed by atoms with van der Waals surface area (Å²) in [5.74, 6) is -0.318. The van der Waals surface area contributed by atoms with E-state index in [2.05, 4.69) is 0 Å². The minimum Gasteiger partial charge on any atom is -0.369 e. The number of hydrogen-bond acceptors (Lipinski definition) is 2. The number of carbonyl (C=O) groups is 1. The van der Waals surface area contributed by atoms with Gasteiger partial charge in [-0.2, -0.15) is 0 Å². The highest BCUT2D eigenvalue weighted by atomic mass is 19.1. The van der Waals surface area contributed by atoms with Crippen LogP contribution in [0.15, 0.2) is 24.3 Å². The van der Waals surface area contributed by atoms with E-state index in [-0.39, 0.29) is 30.5 Å². The Morgan fingerprint density at radius 2 is 1.84 bits per heavy atom. The summed E-state index contributed by atoms with van der Waals surface area (Å²) < 4.78 is 18.2. The minimum atomic E-state index is -0.270. The molecule has 0 heterocycles. The molecule has 0 spiro atoms. The lowest BCUT2D eigenvalue weighted by Gasteiger charge is -2.28. The van der Waals surface area contributed by atoms with Crippen LogP contribution in [0.25, 0.3) is 0 Å². The van der Waals surface area contributed by atoms with Crippen molar-refractivity contribution >= 4 is 5.91 Å². The summed E-state index contributed by atoms with van der Waals surface area (Å²) >= 11 is 0. The topological polar surface area (TPSA) is 29.5 Å². The zero-order valence-corrected chi connectivity index (χ0v) is 12.0. The van der Waals surface area contributed by atoms with Gasteiger partial charge in [-0.3, -0.25) is 4.79 Å². The molecule has 1 atom stereocenters. The summed E-state index contributed by atoms with van der Waals surface area (Å²) in [4.78, 5) is 13.8. The second kappa shape index (κ2) is 7.24. The van der Waals surface area contributed by atoms with Crippen molar-refractivity contribution in [1.29, 1.82) is 0 Å². The van der Waals surface area contributed by atoms with E-state index in [1.165, 1.54) is 12.1 Å². The Morgan fingerprint density at radius 1 is 1.26 bits per heavy atom. The first kappa shape index (κ1) is 15.6. The van der Waals surface area contributed by atoms with Crippen LogP contribution in [0.1, 0.15) is 39.3 Å². The second-order valence-corrected chi connectivity index (χ2v) is 4.77. The Balaban J connectivity index is 2.73. The summed E-state index contributed by atoms with van der Waals surface area (Å²) in [6.07, 6.45) is 0.0313.